The summed E-state index contributed by atoms with van der Waals surface area (Å²) in [5, 5.41) is 3.62. The molecule has 7 heteroatoms. The van der Waals surface area contributed by atoms with Gasteiger partial charge in [0, 0.05) is 18.0 Å². The molecule has 1 amide bonds. The predicted molar refractivity (Wildman–Crippen MR) is 127 cm³/mol. The average Bonchev–Trinajstić information content (AvgIpc) is 3.42. The zero-order chi connectivity index (χ0) is 22.9. The molecule has 0 spiro atoms. The van der Waals surface area contributed by atoms with Crippen molar-refractivity contribution in [3.8, 4) is 0 Å². The predicted octanol–water partition coefficient (Wildman–Crippen LogP) is 4.35. The highest BCUT2D eigenvalue weighted by molar-refractivity contribution is 6.06. The zero-order valence-corrected chi connectivity index (χ0v) is 18.6. The van der Waals surface area contributed by atoms with Gasteiger partial charge in [-0.05, 0) is 42.5 Å². The lowest BCUT2D eigenvalue weighted by atomic mass is 10.0. The van der Waals surface area contributed by atoms with Crippen LogP contribution in [0.25, 0.3) is 21.9 Å². The molecule has 2 aromatic carbocycles. The smallest absolute Gasteiger partial charge is 0.277 e. The van der Waals surface area contributed by atoms with Crippen LogP contribution in [-0.2, 0) is 17.9 Å². The molecule has 1 fully saturated rings. The number of amides is 1. The van der Waals surface area contributed by atoms with Crippen molar-refractivity contribution in [2.24, 2.45) is 0 Å². The van der Waals surface area contributed by atoms with Gasteiger partial charge >= 0.3 is 0 Å². The summed E-state index contributed by atoms with van der Waals surface area (Å²) in [4.78, 5) is 31.0. The molecule has 1 saturated carbocycles. The van der Waals surface area contributed by atoms with E-state index in [1.807, 2.05) is 30.3 Å². The summed E-state index contributed by atoms with van der Waals surface area (Å²) in [5.74, 6) is -0.442. The van der Waals surface area contributed by atoms with E-state index in [-0.39, 0.29) is 30.0 Å². The maximum atomic E-state index is 14.0. The first-order valence-corrected chi connectivity index (χ1v) is 11.5. The van der Waals surface area contributed by atoms with Crippen molar-refractivity contribution in [1.29, 1.82) is 0 Å². The summed E-state index contributed by atoms with van der Waals surface area (Å²) in [6.45, 7) is 2.51. The van der Waals surface area contributed by atoms with Crippen molar-refractivity contribution in [3.05, 3.63) is 76.6 Å². The van der Waals surface area contributed by atoms with Crippen molar-refractivity contribution < 1.29 is 9.18 Å². The third-order valence-electron chi connectivity index (χ3n) is 6.65. The molecule has 170 valence electrons. The highest BCUT2D eigenvalue weighted by Gasteiger charge is 2.22. The number of aromatic nitrogens is 3. The Morgan fingerprint density at radius 3 is 2.70 bits per heavy atom. The number of nitrogens with zero attached hydrogens (tertiary/aromatic N) is 3. The molecular formula is C26H27FN4O2. The topological polar surface area (TPSA) is 68.9 Å². The van der Waals surface area contributed by atoms with Gasteiger partial charge in [-0.15, -0.1) is 0 Å². The van der Waals surface area contributed by atoms with E-state index in [4.69, 9.17) is 0 Å². The van der Waals surface area contributed by atoms with E-state index >= 15 is 0 Å². The molecule has 2 heterocycles. The van der Waals surface area contributed by atoms with Gasteiger partial charge in [0.2, 0.25) is 5.91 Å². The second kappa shape index (κ2) is 8.81. The van der Waals surface area contributed by atoms with E-state index < -0.39 is 5.82 Å². The molecule has 1 aliphatic rings. The third kappa shape index (κ3) is 4.15. The minimum Gasteiger partial charge on any atom is -0.352 e. The van der Waals surface area contributed by atoms with E-state index in [0.717, 1.165) is 31.2 Å². The fourth-order valence-corrected chi connectivity index (χ4v) is 4.94. The Morgan fingerprint density at radius 1 is 1.18 bits per heavy atom. The van der Waals surface area contributed by atoms with E-state index in [9.17, 15) is 14.0 Å². The van der Waals surface area contributed by atoms with Crippen LogP contribution in [0.5, 0.6) is 0 Å². The van der Waals surface area contributed by atoms with Gasteiger partial charge in [0.25, 0.3) is 5.56 Å². The summed E-state index contributed by atoms with van der Waals surface area (Å²) >= 11 is 0. The Morgan fingerprint density at radius 2 is 1.94 bits per heavy atom. The number of carbonyl (C=O) groups excluding carboxylic acids is 1. The normalized spacial score (nSPS) is 15.3. The summed E-state index contributed by atoms with van der Waals surface area (Å²) < 4.78 is 17.3. The molecule has 33 heavy (non-hydrogen) atoms. The van der Waals surface area contributed by atoms with Crippen LogP contribution in [0.4, 0.5) is 4.39 Å². The number of carbonyl (C=O) groups is 1. The molecule has 4 aromatic rings. The first-order chi connectivity index (χ1) is 16.0. The standard InChI is InChI=1S/C26H27FN4O2/c1-17(18-7-3-2-4-8-18)14-30-16-28-24-21-13-19(27)11-12-22(21)31(25(24)26(30)33)15-23(32)29-20-9-5-6-10-20/h2-4,7-8,11-13,16-17,20H,5-6,9-10,14-15H2,1H3,(H,29,32)/t17-/m0/s1. The van der Waals surface area contributed by atoms with Gasteiger partial charge < -0.3 is 9.88 Å². The highest BCUT2D eigenvalue weighted by Crippen LogP contribution is 2.27. The number of rotatable bonds is 6. The van der Waals surface area contributed by atoms with Crippen LogP contribution in [0.2, 0.25) is 0 Å². The SMILES string of the molecule is C[C@@H](Cn1cnc2c3cc(F)ccc3n(CC(=O)NC3CCCC3)c2c1=O)c1ccccc1. The molecule has 0 unspecified atom stereocenters. The van der Waals surface area contributed by atoms with Crippen LogP contribution in [0, 0.1) is 5.82 Å². The second-order valence-corrected chi connectivity index (χ2v) is 9.01. The Bertz CT molecular complexity index is 1370. The number of halogens is 1. The first-order valence-electron chi connectivity index (χ1n) is 11.5. The molecule has 6 nitrogen and oxygen atoms in total. The highest BCUT2D eigenvalue weighted by atomic mass is 19.1. The fraction of sp³-hybridized carbons (Fsp3) is 0.346. The molecule has 1 atom stereocenters. The molecule has 2 aromatic heterocycles. The van der Waals surface area contributed by atoms with Gasteiger partial charge in [-0.2, -0.15) is 0 Å². The van der Waals surface area contributed by atoms with Crippen LogP contribution < -0.4 is 10.9 Å². The van der Waals surface area contributed by atoms with Crippen molar-refractivity contribution in [2.45, 2.75) is 57.7 Å². The summed E-state index contributed by atoms with van der Waals surface area (Å²) in [5.41, 5.74) is 2.29. The lowest BCUT2D eigenvalue weighted by molar-refractivity contribution is -0.122. The van der Waals surface area contributed by atoms with Crippen LogP contribution in [0.3, 0.4) is 0 Å². The largest absolute Gasteiger partial charge is 0.352 e. The Labute approximate surface area is 191 Å². The summed E-state index contributed by atoms with van der Waals surface area (Å²) in [6.07, 6.45) is 5.73. The molecule has 0 bridgehead atoms. The van der Waals surface area contributed by atoms with Crippen LogP contribution in [0.1, 0.15) is 44.1 Å². The minimum atomic E-state index is -0.402. The van der Waals surface area contributed by atoms with Crippen molar-refractivity contribution in [3.63, 3.8) is 0 Å². The molecule has 1 N–H and O–H groups in total. The fourth-order valence-electron chi connectivity index (χ4n) is 4.94. The molecular weight excluding hydrogens is 419 g/mol. The van der Waals surface area contributed by atoms with Crippen molar-refractivity contribution >= 4 is 27.8 Å². The average molecular weight is 447 g/mol. The monoisotopic (exact) mass is 446 g/mol. The van der Waals surface area contributed by atoms with Gasteiger partial charge in [0.1, 0.15) is 23.4 Å². The number of fused-ring (bicyclic) bond motifs is 3. The van der Waals surface area contributed by atoms with Gasteiger partial charge in [0.05, 0.1) is 11.8 Å². The lowest BCUT2D eigenvalue weighted by Crippen LogP contribution is -2.35. The maximum absolute atomic E-state index is 14.0. The van der Waals surface area contributed by atoms with Crippen LogP contribution >= 0.6 is 0 Å². The summed E-state index contributed by atoms with van der Waals surface area (Å²) in [7, 11) is 0. The van der Waals surface area contributed by atoms with Crippen LogP contribution in [0.15, 0.2) is 59.7 Å². The second-order valence-electron chi connectivity index (χ2n) is 9.01. The molecule has 5 rings (SSSR count). The first kappa shape index (κ1) is 21.4. The van der Waals surface area contributed by atoms with Crippen molar-refractivity contribution in [1.82, 2.24) is 19.4 Å². The van der Waals surface area contributed by atoms with E-state index in [1.165, 1.54) is 18.5 Å². The lowest BCUT2D eigenvalue weighted by Gasteiger charge is -2.15. The molecule has 0 aliphatic heterocycles. The number of nitrogens with one attached hydrogen (secondary N) is 1. The van der Waals surface area contributed by atoms with Gasteiger partial charge in [-0.25, -0.2) is 9.37 Å². The molecule has 0 radical (unpaired) electrons. The maximum Gasteiger partial charge on any atom is 0.277 e. The van der Waals surface area contributed by atoms with Gasteiger partial charge in [-0.1, -0.05) is 50.1 Å². The Kier molecular flexibility index (Phi) is 5.70. The number of hydrogen-bond acceptors (Lipinski definition) is 3. The minimum absolute atomic E-state index is 0.00267. The number of benzene rings is 2. The van der Waals surface area contributed by atoms with Gasteiger partial charge in [0.15, 0.2) is 0 Å². The Balaban J connectivity index is 1.56. The summed E-state index contributed by atoms with van der Waals surface area (Å²) in [6, 6.07) is 14.5. The van der Waals surface area contributed by atoms with Gasteiger partial charge in [-0.3, -0.25) is 14.2 Å². The van der Waals surface area contributed by atoms with E-state index in [1.54, 1.807) is 15.2 Å². The van der Waals surface area contributed by atoms with E-state index in [2.05, 4.69) is 17.2 Å². The molecule has 0 saturated heterocycles. The molecule has 1 aliphatic carbocycles. The Hall–Kier alpha value is -3.48. The zero-order valence-electron chi connectivity index (χ0n) is 18.6. The number of hydrogen-bond donors (Lipinski definition) is 1. The van der Waals surface area contributed by atoms with Crippen molar-refractivity contribution in [2.75, 3.05) is 0 Å². The quantitative estimate of drug-likeness (QED) is 0.479. The van der Waals surface area contributed by atoms with E-state index in [0.29, 0.717) is 28.5 Å². The van der Waals surface area contributed by atoms with Crippen LogP contribution in [-0.4, -0.2) is 26.1 Å². The third-order valence-corrected chi connectivity index (χ3v) is 6.65.